The summed E-state index contributed by atoms with van der Waals surface area (Å²) >= 11 is 0. The molecule has 1 aromatic carbocycles. The number of carbonyl (C=O) groups is 1. The third kappa shape index (κ3) is 5.78. The van der Waals surface area contributed by atoms with Crippen molar-refractivity contribution in [2.45, 2.75) is 51.9 Å². The average molecular weight is 410 g/mol. The second-order valence-corrected chi connectivity index (χ2v) is 11.0. The summed E-state index contributed by atoms with van der Waals surface area (Å²) in [7, 11) is -3.54. The molecule has 1 fully saturated rings. The number of benzene rings is 1. The van der Waals surface area contributed by atoms with Gasteiger partial charge >= 0.3 is 0 Å². The summed E-state index contributed by atoms with van der Waals surface area (Å²) in [6.07, 6.45) is 0. The van der Waals surface area contributed by atoms with E-state index in [1.807, 2.05) is 30.0 Å². The number of hydrogen-bond donors (Lipinski definition) is 1. The van der Waals surface area contributed by atoms with Crippen molar-refractivity contribution in [3.63, 3.8) is 0 Å². The van der Waals surface area contributed by atoms with Crippen LogP contribution in [-0.4, -0.2) is 62.8 Å². The summed E-state index contributed by atoms with van der Waals surface area (Å²) in [5, 5.41) is 2.91. The van der Waals surface area contributed by atoms with E-state index in [1.165, 1.54) is 0 Å². The normalized spacial score (nSPS) is 17.1. The lowest BCUT2D eigenvalue weighted by Crippen LogP contribution is -2.51. The molecular weight excluding hydrogens is 374 g/mol. The first-order chi connectivity index (χ1) is 12.9. The van der Waals surface area contributed by atoms with Crippen LogP contribution in [-0.2, 0) is 20.2 Å². The number of sulfonamides is 1. The molecule has 2 rings (SSSR count). The Labute approximate surface area is 170 Å². The van der Waals surface area contributed by atoms with Gasteiger partial charge in [0.2, 0.25) is 15.9 Å². The number of amides is 1. The van der Waals surface area contributed by atoms with Crippen LogP contribution < -0.4 is 5.32 Å². The monoisotopic (exact) mass is 409 g/mol. The average Bonchev–Trinajstić information content (AvgIpc) is 2.59. The molecule has 1 aliphatic heterocycles. The third-order valence-electron chi connectivity index (χ3n) is 5.08. The van der Waals surface area contributed by atoms with Crippen molar-refractivity contribution in [2.24, 2.45) is 5.92 Å². The summed E-state index contributed by atoms with van der Waals surface area (Å²) in [6, 6.07) is 5.71. The molecule has 0 bridgehead atoms. The van der Waals surface area contributed by atoms with Gasteiger partial charge in [-0.1, -0.05) is 46.8 Å². The van der Waals surface area contributed by atoms with Crippen molar-refractivity contribution in [3.8, 4) is 0 Å². The maximum Gasteiger partial charge on any atom is 0.243 e. The van der Waals surface area contributed by atoms with Crippen molar-refractivity contribution in [1.29, 1.82) is 0 Å². The van der Waals surface area contributed by atoms with Crippen LogP contribution >= 0.6 is 0 Å². The van der Waals surface area contributed by atoms with Gasteiger partial charge in [-0.3, -0.25) is 9.69 Å². The Morgan fingerprint density at radius 3 is 2.29 bits per heavy atom. The number of hydrogen-bond acceptors (Lipinski definition) is 4. The van der Waals surface area contributed by atoms with Crippen molar-refractivity contribution in [1.82, 2.24) is 14.5 Å². The van der Waals surface area contributed by atoms with Crippen LogP contribution in [0.3, 0.4) is 0 Å². The van der Waals surface area contributed by atoms with Gasteiger partial charge in [-0.2, -0.15) is 4.31 Å². The molecule has 7 heteroatoms. The molecule has 0 aliphatic carbocycles. The van der Waals surface area contributed by atoms with Gasteiger partial charge in [0.15, 0.2) is 0 Å². The Balaban J connectivity index is 2.05. The first kappa shape index (κ1) is 22.8. The summed E-state index contributed by atoms with van der Waals surface area (Å²) in [6.45, 7) is 15.1. The van der Waals surface area contributed by atoms with Gasteiger partial charge in [0, 0.05) is 32.7 Å². The molecule has 1 amide bonds. The summed E-state index contributed by atoms with van der Waals surface area (Å²) < 4.78 is 28.0. The highest BCUT2D eigenvalue weighted by Gasteiger charge is 2.31. The molecule has 1 heterocycles. The van der Waals surface area contributed by atoms with Gasteiger partial charge in [0.25, 0.3) is 0 Å². The van der Waals surface area contributed by atoms with Gasteiger partial charge in [-0.15, -0.1) is 0 Å². The van der Waals surface area contributed by atoms with Gasteiger partial charge < -0.3 is 5.32 Å². The Bertz CT molecular complexity index is 790. The molecule has 0 radical (unpaired) electrons. The molecule has 28 heavy (non-hydrogen) atoms. The highest BCUT2D eigenvalue weighted by Crippen LogP contribution is 2.28. The Morgan fingerprint density at radius 2 is 1.75 bits per heavy atom. The van der Waals surface area contributed by atoms with Gasteiger partial charge in [0.05, 0.1) is 11.4 Å². The molecular formula is C21H35N3O3S. The molecule has 1 aliphatic rings. The van der Waals surface area contributed by atoms with E-state index in [0.29, 0.717) is 50.1 Å². The van der Waals surface area contributed by atoms with Crippen molar-refractivity contribution < 1.29 is 13.2 Å². The summed E-state index contributed by atoms with van der Waals surface area (Å²) in [5.41, 5.74) is 1.67. The lowest BCUT2D eigenvalue weighted by Gasteiger charge is -2.34. The van der Waals surface area contributed by atoms with E-state index in [4.69, 9.17) is 0 Å². The molecule has 0 saturated carbocycles. The van der Waals surface area contributed by atoms with Crippen LogP contribution in [0.15, 0.2) is 23.1 Å². The fraction of sp³-hybridized carbons (Fsp3) is 0.667. The minimum Gasteiger partial charge on any atom is -0.355 e. The van der Waals surface area contributed by atoms with Crippen LogP contribution in [0.25, 0.3) is 0 Å². The minimum absolute atomic E-state index is 0.00118. The maximum absolute atomic E-state index is 13.2. The molecule has 0 spiro atoms. The zero-order valence-corrected chi connectivity index (χ0v) is 18.9. The van der Waals surface area contributed by atoms with E-state index >= 15 is 0 Å². The SMILES string of the molecule is Cc1ccc(C(C)(C)C)cc1S(=O)(=O)N1CCN(CC(=O)NCC(C)C)CC1. The standard InChI is InChI=1S/C21H35N3O3S/c1-16(2)14-22-20(25)15-23-9-11-24(12-10-23)28(26,27)19-13-18(21(4,5)6)8-7-17(19)3/h7-8,13,16H,9-12,14-15H2,1-6H3,(H,22,25). The molecule has 0 aromatic heterocycles. The lowest BCUT2D eigenvalue weighted by atomic mass is 9.87. The second-order valence-electron chi connectivity index (χ2n) is 9.11. The quantitative estimate of drug-likeness (QED) is 0.783. The predicted octanol–water partition coefficient (Wildman–Crippen LogP) is 2.37. The van der Waals surface area contributed by atoms with E-state index in [0.717, 1.165) is 11.1 Å². The largest absolute Gasteiger partial charge is 0.355 e. The van der Waals surface area contributed by atoms with Crippen molar-refractivity contribution in [3.05, 3.63) is 29.3 Å². The van der Waals surface area contributed by atoms with E-state index in [2.05, 4.69) is 39.9 Å². The molecule has 1 saturated heterocycles. The Kier molecular flexibility index (Phi) is 7.28. The van der Waals surface area contributed by atoms with Gasteiger partial charge in [-0.25, -0.2) is 8.42 Å². The highest BCUT2D eigenvalue weighted by atomic mass is 32.2. The number of carbonyl (C=O) groups excluding carboxylic acids is 1. The molecule has 0 unspecified atom stereocenters. The smallest absolute Gasteiger partial charge is 0.243 e. The molecule has 1 aromatic rings. The lowest BCUT2D eigenvalue weighted by molar-refractivity contribution is -0.122. The molecule has 6 nitrogen and oxygen atoms in total. The first-order valence-corrected chi connectivity index (χ1v) is 11.5. The zero-order valence-electron chi connectivity index (χ0n) is 18.1. The van der Waals surface area contributed by atoms with Gasteiger partial charge in [-0.05, 0) is 35.4 Å². The maximum atomic E-state index is 13.2. The predicted molar refractivity (Wildman–Crippen MR) is 113 cm³/mol. The van der Waals surface area contributed by atoms with Crippen molar-refractivity contribution >= 4 is 15.9 Å². The second kappa shape index (κ2) is 8.93. The Morgan fingerprint density at radius 1 is 1.14 bits per heavy atom. The zero-order chi connectivity index (χ0) is 21.1. The third-order valence-corrected chi connectivity index (χ3v) is 7.12. The number of piperazine rings is 1. The number of rotatable bonds is 6. The topological polar surface area (TPSA) is 69.7 Å². The number of aryl methyl sites for hydroxylation is 1. The minimum atomic E-state index is -3.54. The fourth-order valence-electron chi connectivity index (χ4n) is 3.19. The van der Waals surface area contributed by atoms with E-state index in [9.17, 15) is 13.2 Å². The van der Waals surface area contributed by atoms with Crippen LogP contribution in [0.2, 0.25) is 0 Å². The van der Waals surface area contributed by atoms with E-state index in [1.54, 1.807) is 4.31 Å². The van der Waals surface area contributed by atoms with Gasteiger partial charge in [0.1, 0.15) is 0 Å². The molecule has 1 N–H and O–H groups in total. The number of nitrogens with one attached hydrogen (secondary N) is 1. The number of nitrogens with zero attached hydrogens (tertiary/aromatic N) is 2. The molecule has 158 valence electrons. The highest BCUT2D eigenvalue weighted by molar-refractivity contribution is 7.89. The van der Waals surface area contributed by atoms with Crippen LogP contribution in [0.1, 0.15) is 45.7 Å². The van der Waals surface area contributed by atoms with Crippen LogP contribution in [0, 0.1) is 12.8 Å². The van der Waals surface area contributed by atoms with E-state index in [-0.39, 0.29) is 11.3 Å². The van der Waals surface area contributed by atoms with Crippen LogP contribution in [0.4, 0.5) is 0 Å². The molecule has 0 atom stereocenters. The summed E-state index contributed by atoms with van der Waals surface area (Å²) in [5.74, 6) is 0.414. The van der Waals surface area contributed by atoms with Crippen LogP contribution in [0.5, 0.6) is 0 Å². The Hall–Kier alpha value is -1.44. The van der Waals surface area contributed by atoms with Crippen molar-refractivity contribution in [2.75, 3.05) is 39.3 Å². The fourth-order valence-corrected chi connectivity index (χ4v) is 4.86. The summed E-state index contributed by atoms with van der Waals surface area (Å²) in [4.78, 5) is 14.4. The first-order valence-electron chi connectivity index (χ1n) is 10.0. The van der Waals surface area contributed by atoms with E-state index < -0.39 is 10.0 Å².